The number of ether oxygens (including phenoxy) is 1. The van der Waals surface area contributed by atoms with E-state index >= 15 is 0 Å². The first-order valence-electron chi connectivity index (χ1n) is 12.4. The SMILES string of the molecule is COc1cccc(NC(=O)Nc2cc(S(=O)(=O)N3CCC(C)CC3)ccc2N2CCC(C)CC2)c1. The Kier molecular flexibility index (Phi) is 7.86. The van der Waals surface area contributed by atoms with E-state index in [0.29, 0.717) is 42.0 Å². The van der Waals surface area contributed by atoms with E-state index in [4.69, 9.17) is 4.74 Å². The second-order valence-corrected chi connectivity index (χ2v) is 11.7. The van der Waals surface area contributed by atoms with Crippen molar-refractivity contribution in [2.75, 3.05) is 48.8 Å². The van der Waals surface area contributed by atoms with Gasteiger partial charge in [-0.1, -0.05) is 19.9 Å². The van der Waals surface area contributed by atoms with Gasteiger partial charge in [0.1, 0.15) is 5.75 Å². The highest BCUT2D eigenvalue weighted by atomic mass is 32.2. The first-order valence-corrected chi connectivity index (χ1v) is 13.8. The third-order valence-electron chi connectivity index (χ3n) is 7.05. The number of hydrogen-bond acceptors (Lipinski definition) is 5. The molecule has 0 spiro atoms. The van der Waals surface area contributed by atoms with Crippen LogP contribution in [0.5, 0.6) is 5.75 Å². The molecule has 4 rings (SSSR count). The lowest BCUT2D eigenvalue weighted by Gasteiger charge is -2.34. The predicted octanol–water partition coefficient (Wildman–Crippen LogP) is 5.00. The van der Waals surface area contributed by atoms with E-state index in [-0.39, 0.29) is 4.90 Å². The van der Waals surface area contributed by atoms with Crippen LogP contribution in [0.4, 0.5) is 21.9 Å². The second-order valence-electron chi connectivity index (χ2n) is 9.75. The molecule has 0 aliphatic carbocycles. The summed E-state index contributed by atoms with van der Waals surface area (Å²) in [5, 5.41) is 5.73. The lowest BCUT2D eigenvalue weighted by atomic mass is 9.98. The quantitative estimate of drug-likeness (QED) is 0.583. The number of anilines is 3. The van der Waals surface area contributed by atoms with Gasteiger partial charge in [-0.25, -0.2) is 13.2 Å². The molecule has 0 saturated carbocycles. The highest BCUT2D eigenvalue weighted by Crippen LogP contribution is 2.34. The van der Waals surface area contributed by atoms with Crippen LogP contribution in [0, 0.1) is 11.8 Å². The molecule has 9 heteroatoms. The minimum absolute atomic E-state index is 0.206. The Morgan fingerprint density at radius 1 is 0.914 bits per heavy atom. The molecule has 190 valence electrons. The van der Waals surface area contributed by atoms with Gasteiger partial charge in [-0.3, -0.25) is 0 Å². The van der Waals surface area contributed by atoms with Crippen LogP contribution < -0.4 is 20.3 Å². The number of carbonyl (C=O) groups excluding carboxylic acids is 1. The van der Waals surface area contributed by atoms with Crippen LogP contribution in [0.15, 0.2) is 47.4 Å². The molecule has 0 aromatic heterocycles. The zero-order valence-electron chi connectivity index (χ0n) is 20.8. The van der Waals surface area contributed by atoms with Crippen molar-refractivity contribution < 1.29 is 17.9 Å². The van der Waals surface area contributed by atoms with Crippen molar-refractivity contribution in [3.8, 4) is 5.75 Å². The monoisotopic (exact) mass is 500 g/mol. The highest BCUT2D eigenvalue weighted by Gasteiger charge is 2.29. The Bertz CT molecular complexity index is 1140. The number of amides is 2. The van der Waals surface area contributed by atoms with Crippen molar-refractivity contribution in [2.45, 2.75) is 44.4 Å². The molecular weight excluding hydrogens is 464 g/mol. The molecule has 8 nitrogen and oxygen atoms in total. The van der Waals surface area contributed by atoms with Crippen molar-refractivity contribution in [2.24, 2.45) is 11.8 Å². The molecule has 0 unspecified atom stereocenters. The van der Waals surface area contributed by atoms with E-state index in [9.17, 15) is 13.2 Å². The Hall–Kier alpha value is -2.78. The molecule has 2 aliphatic rings. The van der Waals surface area contributed by atoms with Crippen LogP contribution in [0.1, 0.15) is 39.5 Å². The van der Waals surface area contributed by atoms with Crippen LogP contribution >= 0.6 is 0 Å². The number of piperidine rings is 2. The van der Waals surface area contributed by atoms with Gasteiger partial charge in [0.25, 0.3) is 0 Å². The topological polar surface area (TPSA) is 91.0 Å². The van der Waals surface area contributed by atoms with Crippen molar-refractivity contribution in [3.63, 3.8) is 0 Å². The van der Waals surface area contributed by atoms with E-state index in [0.717, 1.165) is 44.5 Å². The predicted molar refractivity (Wildman–Crippen MR) is 140 cm³/mol. The molecule has 2 fully saturated rings. The van der Waals surface area contributed by atoms with Gasteiger partial charge in [-0.05, 0) is 67.9 Å². The molecule has 2 aromatic carbocycles. The average molecular weight is 501 g/mol. The molecule has 35 heavy (non-hydrogen) atoms. The Balaban J connectivity index is 1.60. The summed E-state index contributed by atoms with van der Waals surface area (Å²) in [5.74, 6) is 1.82. The summed E-state index contributed by atoms with van der Waals surface area (Å²) in [6.45, 7) is 7.17. The summed E-state index contributed by atoms with van der Waals surface area (Å²) in [7, 11) is -2.07. The molecule has 0 atom stereocenters. The Morgan fingerprint density at radius 3 is 2.23 bits per heavy atom. The fraction of sp³-hybridized carbons (Fsp3) is 0.500. The number of urea groups is 1. The normalized spacial score (nSPS) is 18.3. The number of methoxy groups -OCH3 is 1. The number of sulfonamides is 1. The van der Waals surface area contributed by atoms with Crippen LogP contribution in [0.25, 0.3) is 0 Å². The number of carbonyl (C=O) groups is 1. The maximum Gasteiger partial charge on any atom is 0.323 e. The van der Waals surface area contributed by atoms with Crippen molar-refractivity contribution in [3.05, 3.63) is 42.5 Å². The van der Waals surface area contributed by atoms with Crippen molar-refractivity contribution in [1.29, 1.82) is 0 Å². The lowest BCUT2D eigenvalue weighted by molar-refractivity contribution is 0.262. The van der Waals surface area contributed by atoms with Gasteiger partial charge in [0.15, 0.2) is 0 Å². The van der Waals surface area contributed by atoms with E-state index in [1.165, 1.54) is 0 Å². The molecule has 2 N–H and O–H groups in total. The summed E-state index contributed by atoms with van der Waals surface area (Å²) in [4.78, 5) is 15.4. The van der Waals surface area contributed by atoms with Crippen LogP contribution in [-0.2, 0) is 10.0 Å². The van der Waals surface area contributed by atoms with Gasteiger partial charge < -0.3 is 20.3 Å². The van der Waals surface area contributed by atoms with Gasteiger partial charge >= 0.3 is 6.03 Å². The maximum absolute atomic E-state index is 13.4. The fourth-order valence-electron chi connectivity index (χ4n) is 4.66. The van der Waals surface area contributed by atoms with Crippen LogP contribution in [0.3, 0.4) is 0 Å². The van der Waals surface area contributed by atoms with Gasteiger partial charge in [0.05, 0.1) is 23.4 Å². The standard InChI is InChI=1S/C26H36N4O4S/c1-19-9-13-29(14-10-19)25-8-7-23(35(32,33)30-15-11-20(2)12-16-30)18-24(25)28-26(31)27-21-5-4-6-22(17-21)34-3/h4-8,17-20H,9-16H2,1-3H3,(H2,27,28,31). The minimum atomic E-state index is -3.64. The van der Waals surface area contributed by atoms with E-state index < -0.39 is 16.1 Å². The van der Waals surface area contributed by atoms with E-state index in [1.54, 1.807) is 47.8 Å². The van der Waals surface area contributed by atoms with E-state index in [2.05, 4.69) is 29.4 Å². The second kappa shape index (κ2) is 10.9. The zero-order valence-corrected chi connectivity index (χ0v) is 21.6. The number of benzene rings is 2. The number of nitrogens with one attached hydrogen (secondary N) is 2. The summed E-state index contributed by atoms with van der Waals surface area (Å²) in [6, 6.07) is 11.8. The van der Waals surface area contributed by atoms with Gasteiger partial charge in [-0.15, -0.1) is 0 Å². The summed E-state index contributed by atoms with van der Waals surface area (Å²) >= 11 is 0. The molecule has 0 radical (unpaired) electrons. The van der Waals surface area contributed by atoms with Gasteiger partial charge in [0, 0.05) is 37.9 Å². The fourth-order valence-corrected chi connectivity index (χ4v) is 6.16. The molecule has 2 aromatic rings. The molecule has 2 saturated heterocycles. The average Bonchev–Trinajstić information content (AvgIpc) is 2.85. The number of nitrogens with zero attached hydrogens (tertiary/aromatic N) is 2. The summed E-state index contributed by atoms with van der Waals surface area (Å²) in [5.41, 5.74) is 1.91. The van der Waals surface area contributed by atoms with Crippen molar-refractivity contribution >= 4 is 33.1 Å². The van der Waals surface area contributed by atoms with Crippen molar-refractivity contribution in [1.82, 2.24) is 4.31 Å². The molecule has 0 bridgehead atoms. The number of hydrogen-bond donors (Lipinski definition) is 2. The minimum Gasteiger partial charge on any atom is -0.497 e. The number of rotatable bonds is 6. The zero-order chi connectivity index (χ0) is 25.0. The molecule has 2 amide bonds. The van der Waals surface area contributed by atoms with Crippen LogP contribution in [-0.4, -0.2) is 52.0 Å². The van der Waals surface area contributed by atoms with Crippen LogP contribution in [0.2, 0.25) is 0 Å². The molecular formula is C26H36N4O4S. The summed E-state index contributed by atoms with van der Waals surface area (Å²) < 4.78 is 33.6. The largest absolute Gasteiger partial charge is 0.497 e. The Morgan fingerprint density at radius 2 is 1.57 bits per heavy atom. The smallest absolute Gasteiger partial charge is 0.323 e. The third-order valence-corrected chi connectivity index (χ3v) is 8.94. The van der Waals surface area contributed by atoms with E-state index in [1.807, 2.05) is 6.07 Å². The molecule has 2 heterocycles. The molecule has 2 aliphatic heterocycles. The highest BCUT2D eigenvalue weighted by molar-refractivity contribution is 7.89. The lowest BCUT2D eigenvalue weighted by Crippen LogP contribution is -2.38. The van der Waals surface area contributed by atoms with Gasteiger partial charge in [-0.2, -0.15) is 4.31 Å². The first kappa shape index (κ1) is 25.3. The summed E-state index contributed by atoms with van der Waals surface area (Å²) in [6.07, 6.45) is 3.83. The Labute approximate surface area is 208 Å². The maximum atomic E-state index is 13.4. The third kappa shape index (κ3) is 6.08. The first-order chi connectivity index (χ1) is 16.8. The van der Waals surface area contributed by atoms with Gasteiger partial charge in [0.2, 0.25) is 10.0 Å².